The molecule has 0 aliphatic heterocycles. The first kappa shape index (κ1) is 19.0. The molecule has 0 bridgehead atoms. The van der Waals surface area contributed by atoms with Crippen LogP contribution in [0, 0.1) is 0 Å². The quantitative estimate of drug-likeness (QED) is 0.512. The van der Waals surface area contributed by atoms with Gasteiger partial charge in [0.25, 0.3) is 0 Å². The fraction of sp³-hybridized carbons (Fsp3) is 0.300. The Kier molecular flexibility index (Phi) is 5.17. The van der Waals surface area contributed by atoms with E-state index >= 15 is 0 Å². The summed E-state index contributed by atoms with van der Waals surface area (Å²) in [5.74, 6) is -0.451. The molecular formula is C20H21BrN2O2S. The van der Waals surface area contributed by atoms with E-state index in [1.807, 2.05) is 16.7 Å². The van der Waals surface area contributed by atoms with Gasteiger partial charge in [-0.2, -0.15) is 0 Å². The first-order valence-electron chi connectivity index (χ1n) is 8.40. The Balaban J connectivity index is 2.21. The van der Waals surface area contributed by atoms with Crippen molar-refractivity contribution in [1.29, 1.82) is 0 Å². The van der Waals surface area contributed by atoms with Crippen LogP contribution in [0.15, 0.2) is 52.4 Å². The molecule has 0 aliphatic rings. The number of benzene rings is 2. The zero-order valence-corrected chi connectivity index (χ0v) is 17.6. The molecule has 0 amide bonds. The number of carboxylic acids is 1. The van der Waals surface area contributed by atoms with Gasteiger partial charge < -0.3 is 5.11 Å². The number of rotatable bonds is 5. The number of hydrogen-bond acceptors (Lipinski definition) is 3. The van der Waals surface area contributed by atoms with Crippen LogP contribution in [0.25, 0.3) is 16.5 Å². The number of nitrogens with zero attached hydrogens (tertiary/aromatic N) is 2. The van der Waals surface area contributed by atoms with Crippen LogP contribution in [0.5, 0.6) is 0 Å². The van der Waals surface area contributed by atoms with E-state index < -0.39 is 10.7 Å². The minimum Gasteiger partial charge on any atom is -0.480 e. The van der Waals surface area contributed by atoms with Crippen LogP contribution in [-0.2, 0) is 4.79 Å². The molecule has 0 saturated heterocycles. The average Bonchev–Trinajstić information content (AvgIpc) is 2.93. The summed E-state index contributed by atoms with van der Waals surface area (Å²) in [6.45, 7) is 7.75. The number of hydrogen-bond donors (Lipinski definition) is 1. The molecule has 0 saturated carbocycles. The lowest BCUT2D eigenvalue weighted by atomic mass is 9.95. The lowest BCUT2D eigenvalue weighted by Gasteiger charge is -2.20. The van der Waals surface area contributed by atoms with E-state index in [1.165, 1.54) is 22.7 Å². The van der Waals surface area contributed by atoms with Crippen LogP contribution in [0.2, 0.25) is 0 Å². The molecule has 1 N–H and O–H groups in total. The number of fused-ring (bicyclic) bond motifs is 1. The van der Waals surface area contributed by atoms with Gasteiger partial charge in [0.15, 0.2) is 5.16 Å². The lowest BCUT2D eigenvalue weighted by molar-refractivity contribution is -0.138. The number of imidazole rings is 1. The number of thioether (sulfide) groups is 1. The van der Waals surface area contributed by atoms with E-state index in [1.54, 1.807) is 20.0 Å². The first-order chi connectivity index (χ1) is 12.2. The minimum atomic E-state index is -0.976. The normalized spacial score (nSPS) is 12.1. The Labute approximate surface area is 165 Å². The Morgan fingerprint density at radius 3 is 2.46 bits per heavy atom. The van der Waals surface area contributed by atoms with Gasteiger partial charge in [0.1, 0.15) is 9.35 Å². The number of carbonyl (C=O) groups is 1. The second kappa shape index (κ2) is 7.08. The van der Waals surface area contributed by atoms with Crippen LogP contribution >= 0.6 is 27.7 Å². The van der Waals surface area contributed by atoms with E-state index in [-0.39, 0.29) is 0 Å². The van der Waals surface area contributed by atoms with Gasteiger partial charge in [-0.25, -0.2) is 4.98 Å². The van der Waals surface area contributed by atoms with Crippen molar-refractivity contribution in [3.8, 4) is 5.69 Å². The largest absolute Gasteiger partial charge is 0.480 e. The minimum absolute atomic E-state index is 0.417. The van der Waals surface area contributed by atoms with Gasteiger partial charge in [-0.3, -0.25) is 9.36 Å². The van der Waals surface area contributed by atoms with Crippen LogP contribution in [0.1, 0.15) is 39.2 Å². The maximum atomic E-state index is 11.5. The summed E-state index contributed by atoms with van der Waals surface area (Å²) in [7, 11) is 0. The molecule has 6 heteroatoms. The van der Waals surface area contributed by atoms with E-state index in [2.05, 4.69) is 59.0 Å². The third-order valence-corrected chi connectivity index (χ3v) is 6.06. The van der Waals surface area contributed by atoms with Crippen LogP contribution < -0.4 is 0 Å². The maximum absolute atomic E-state index is 11.5. The molecule has 0 aliphatic carbocycles. The van der Waals surface area contributed by atoms with Crippen molar-refractivity contribution in [2.45, 2.75) is 43.5 Å². The standard InChI is InChI=1S/C20H21BrN2O2S/c1-12(2)13-9-10-16(15-8-6-5-7-14(13)15)23-17(21)11-22-19(23)26-20(3,4)18(24)25/h5-12H,1-4H3,(H,24,25). The third kappa shape index (κ3) is 3.40. The number of aromatic nitrogens is 2. The zero-order chi connectivity index (χ0) is 19.1. The molecule has 2 aromatic carbocycles. The van der Waals surface area contributed by atoms with Crippen molar-refractivity contribution in [2.24, 2.45) is 0 Å². The molecule has 0 fully saturated rings. The van der Waals surface area contributed by atoms with E-state index in [4.69, 9.17) is 0 Å². The van der Waals surface area contributed by atoms with Crippen molar-refractivity contribution < 1.29 is 9.90 Å². The summed E-state index contributed by atoms with van der Waals surface area (Å²) in [4.78, 5) is 16.0. The fourth-order valence-electron chi connectivity index (χ4n) is 2.88. The summed E-state index contributed by atoms with van der Waals surface area (Å²) in [6, 6.07) is 12.5. The SMILES string of the molecule is CC(C)c1ccc(-n2c(Br)cnc2SC(C)(C)C(=O)O)c2ccccc12. The molecule has 3 aromatic rings. The van der Waals surface area contributed by atoms with Crippen molar-refractivity contribution in [3.63, 3.8) is 0 Å². The Morgan fingerprint density at radius 2 is 1.85 bits per heavy atom. The first-order valence-corrected chi connectivity index (χ1v) is 10.0. The molecule has 0 radical (unpaired) electrons. The molecule has 0 unspecified atom stereocenters. The second-order valence-corrected chi connectivity index (χ2v) is 9.39. The van der Waals surface area contributed by atoms with Gasteiger partial charge in [-0.05, 0) is 52.7 Å². The highest BCUT2D eigenvalue weighted by Gasteiger charge is 2.31. The fourth-order valence-corrected chi connectivity index (χ4v) is 4.40. The number of aliphatic carboxylic acids is 1. The topological polar surface area (TPSA) is 55.1 Å². The predicted octanol–water partition coefficient (Wildman–Crippen LogP) is 5.87. The summed E-state index contributed by atoms with van der Waals surface area (Å²) in [5.41, 5.74) is 2.28. The molecule has 0 atom stereocenters. The van der Waals surface area contributed by atoms with Gasteiger partial charge in [0, 0.05) is 5.39 Å². The molecular weight excluding hydrogens is 412 g/mol. The Hall–Kier alpha value is -1.79. The molecule has 0 spiro atoms. The van der Waals surface area contributed by atoms with Crippen LogP contribution in [0.3, 0.4) is 0 Å². The van der Waals surface area contributed by atoms with Gasteiger partial charge in [-0.15, -0.1) is 0 Å². The molecule has 1 aromatic heterocycles. The van der Waals surface area contributed by atoms with Crippen molar-refractivity contribution >= 4 is 44.4 Å². The van der Waals surface area contributed by atoms with Crippen LogP contribution in [-0.4, -0.2) is 25.4 Å². The number of halogens is 1. The highest BCUT2D eigenvalue weighted by molar-refractivity contribution is 9.10. The number of carboxylic acid groups (broad SMARTS) is 1. The predicted molar refractivity (Wildman–Crippen MR) is 110 cm³/mol. The molecule has 3 rings (SSSR count). The van der Waals surface area contributed by atoms with Gasteiger partial charge in [0.05, 0.1) is 11.9 Å². The van der Waals surface area contributed by atoms with Crippen molar-refractivity contribution in [1.82, 2.24) is 9.55 Å². The summed E-state index contributed by atoms with van der Waals surface area (Å²) >= 11 is 4.81. The zero-order valence-electron chi connectivity index (χ0n) is 15.2. The van der Waals surface area contributed by atoms with Gasteiger partial charge in [-0.1, -0.05) is 55.9 Å². The molecule has 26 heavy (non-hydrogen) atoms. The van der Waals surface area contributed by atoms with E-state index in [0.717, 1.165) is 15.7 Å². The van der Waals surface area contributed by atoms with E-state index in [0.29, 0.717) is 11.1 Å². The molecule has 1 heterocycles. The summed E-state index contributed by atoms with van der Waals surface area (Å²) < 4.78 is 1.79. The van der Waals surface area contributed by atoms with E-state index in [9.17, 15) is 9.90 Å². The smallest absolute Gasteiger partial charge is 0.319 e. The molecule has 4 nitrogen and oxygen atoms in total. The monoisotopic (exact) mass is 432 g/mol. The van der Waals surface area contributed by atoms with Crippen LogP contribution in [0.4, 0.5) is 0 Å². The third-order valence-electron chi connectivity index (χ3n) is 4.35. The highest BCUT2D eigenvalue weighted by Crippen LogP contribution is 2.38. The van der Waals surface area contributed by atoms with Gasteiger partial charge >= 0.3 is 5.97 Å². The summed E-state index contributed by atoms with van der Waals surface area (Å²) in [5, 5.41) is 12.4. The second-order valence-electron chi connectivity index (χ2n) is 6.99. The Morgan fingerprint density at radius 1 is 1.19 bits per heavy atom. The van der Waals surface area contributed by atoms with Crippen molar-refractivity contribution in [2.75, 3.05) is 0 Å². The van der Waals surface area contributed by atoms with Gasteiger partial charge in [0.2, 0.25) is 0 Å². The molecule has 136 valence electrons. The lowest BCUT2D eigenvalue weighted by Crippen LogP contribution is -2.27. The van der Waals surface area contributed by atoms with Crippen molar-refractivity contribution in [3.05, 3.63) is 52.8 Å². The average molecular weight is 433 g/mol. The highest BCUT2D eigenvalue weighted by atomic mass is 79.9. The summed E-state index contributed by atoms with van der Waals surface area (Å²) in [6.07, 6.45) is 1.71. The maximum Gasteiger partial charge on any atom is 0.319 e. The Bertz CT molecular complexity index is 979.